The molecule has 0 spiro atoms. The first-order valence-electron chi connectivity index (χ1n) is 8.20. The first-order valence-corrected chi connectivity index (χ1v) is 9.08. The second-order valence-corrected chi connectivity index (χ2v) is 7.08. The number of H-pyrrole nitrogens is 1. The molecule has 0 bridgehead atoms. The van der Waals surface area contributed by atoms with Crippen LogP contribution in [-0.2, 0) is 6.42 Å². The summed E-state index contributed by atoms with van der Waals surface area (Å²) in [5.41, 5.74) is 5.19. The van der Waals surface area contributed by atoms with E-state index in [9.17, 15) is 4.79 Å². The molecule has 0 aliphatic carbocycles. The van der Waals surface area contributed by atoms with Crippen LogP contribution in [0.2, 0.25) is 0 Å². The predicted octanol–water partition coefficient (Wildman–Crippen LogP) is 3.87. The molecule has 0 fully saturated rings. The van der Waals surface area contributed by atoms with Crippen LogP contribution in [0.5, 0.6) is 0 Å². The number of hydrogen-bond donors (Lipinski definition) is 2. The number of hydrogen-bond acceptors (Lipinski definition) is 5. The van der Waals surface area contributed by atoms with Crippen LogP contribution in [0.25, 0.3) is 10.2 Å². The van der Waals surface area contributed by atoms with Gasteiger partial charge in [-0.25, -0.2) is 4.98 Å². The summed E-state index contributed by atoms with van der Waals surface area (Å²) >= 11 is 1.63. The van der Waals surface area contributed by atoms with Crippen LogP contribution in [-0.4, -0.2) is 26.1 Å². The highest BCUT2D eigenvalue weighted by molar-refractivity contribution is 7.17. The molecular formula is C19H17N5OS. The average molecular weight is 363 g/mol. The number of rotatable bonds is 4. The molecule has 6 nitrogen and oxygen atoms in total. The number of carbonyl (C=O) groups excluding carboxylic acids is 1. The van der Waals surface area contributed by atoms with Crippen molar-refractivity contribution in [3.63, 3.8) is 0 Å². The van der Waals surface area contributed by atoms with Gasteiger partial charge in [0.15, 0.2) is 0 Å². The molecule has 0 aliphatic rings. The standard InChI is InChI=1S/C19H17N5OS/c1-11-3-4-13(10-20-11)8-14-9-16(21-15-5-6-26-18(14)15)19(25)22-17-7-12(2)23-24-17/h3-7,9-10H,8H2,1-2H3,(H2,22,23,24,25). The Morgan fingerprint density at radius 2 is 2.08 bits per heavy atom. The fraction of sp³-hybridized carbons (Fsp3) is 0.158. The molecule has 26 heavy (non-hydrogen) atoms. The highest BCUT2D eigenvalue weighted by atomic mass is 32.1. The molecule has 0 atom stereocenters. The number of carbonyl (C=O) groups is 1. The summed E-state index contributed by atoms with van der Waals surface area (Å²) in [5, 5.41) is 11.6. The van der Waals surface area contributed by atoms with Crippen molar-refractivity contribution in [3.05, 3.63) is 70.1 Å². The third kappa shape index (κ3) is 3.34. The SMILES string of the molecule is Cc1ccc(Cc2cc(C(=O)Nc3cc(C)n[nH]3)nc3ccsc23)cn1. The Labute approximate surface area is 154 Å². The number of anilines is 1. The number of thiophene rings is 1. The summed E-state index contributed by atoms with van der Waals surface area (Å²) < 4.78 is 1.10. The zero-order valence-corrected chi connectivity index (χ0v) is 15.2. The van der Waals surface area contributed by atoms with E-state index < -0.39 is 0 Å². The van der Waals surface area contributed by atoms with E-state index in [1.165, 1.54) is 0 Å². The molecule has 4 heterocycles. The highest BCUT2D eigenvalue weighted by Crippen LogP contribution is 2.26. The Kier molecular flexibility index (Phi) is 4.22. The van der Waals surface area contributed by atoms with Crippen LogP contribution in [0.15, 0.2) is 41.9 Å². The van der Waals surface area contributed by atoms with Gasteiger partial charge in [-0.15, -0.1) is 11.3 Å². The number of fused-ring (bicyclic) bond motifs is 1. The van der Waals surface area contributed by atoms with E-state index in [0.717, 1.165) is 32.7 Å². The van der Waals surface area contributed by atoms with Crippen molar-refractivity contribution in [2.45, 2.75) is 20.3 Å². The largest absolute Gasteiger partial charge is 0.306 e. The summed E-state index contributed by atoms with van der Waals surface area (Å²) in [7, 11) is 0. The molecule has 4 aromatic heterocycles. The normalized spacial score (nSPS) is 11.0. The highest BCUT2D eigenvalue weighted by Gasteiger charge is 2.14. The Bertz CT molecular complexity index is 1080. The van der Waals surface area contributed by atoms with E-state index >= 15 is 0 Å². The van der Waals surface area contributed by atoms with Crippen molar-refractivity contribution in [2.75, 3.05) is 5.32 Å². The maximum absolute atomic E-state index is 12.6. The molecule has 0 unspecified atom stereocenters. The van der Waals surface area contributed by atoms with Crippen molar-refractivity contribution in [1.82, 2.24) is 20.2 Å². The Morgan fingerprint density at radius 3 is 2.81 bits per heavy atom. The molecule has 0 radical (unpaired) electrons. The topological polar surface area (TPSA) is 83.6 Å². The van der Waals surface area contributed by atoms with E-state index in [1.54, 1.807) is 17.4 Å². The van der Waals surface area contributed by atoms with Crippen molar-refractivity contribution < 1.29 is 4.79 Å². The minimum absolute atomic E-state index is 0.259. The maximum Gasteiger partial charge on any atom is 0.275 e. The Morgan fingerprint density at radius 1 is 1.19 bits per heavy atom. The molecule has 2 N–H and O–H groups in total. The van der Waals surface area contributed by atoms with Crippen LogP contribution in [0.1, 0.15) is 33.0 Å². The first-order chi connectivity index (χ1) is 12.6. The minimum Gasteiger partial charge on any atom is -0.306 e. The van der Waals surface area contributed by atoms with Crippen LogP contribution < -0.4 is 5.32 Å². The molecule has 0 aliphatic heterocycles. The number of aromatic nitrogens is 4. The minimum atomic E-state index is -0.259. The molecule has 1 amide bonds. The Balaban J connectivity index is 1.67. The summed E-state index contributed by atoms with van der Waals surface area (Å²) in [6, 6.07) is 9.64. The van der Waals surface area contributed by atoms with E-state index in [2.05, 4.69) is 31.5 Å². The number of aromatic amines is 1. The number of pyridine rings is 2. The van der Waals surface area contributed by atoms with Gasteiger partial charge < -0.3 is 5.32 Å². The quantitative estimate of drug-likeness (QED) is 0.576. The third-order valence-electron chi connectivity index (χ3n) is 4.04. The molecule has 0 saturated carbocycles. The van der Waals surface area contributed by atoms with E-state index in [1.807, 2.05) is 43.6 Å². The van der Waals surface area contributed by atoms with Crippen molar-refractivity contribution in [3.8, 4) is 0 Å². The lowest BCUT2D eigenvalue weighted by atomic mass is 10.1. The van der Waals surface area contributed by atoms with Gasteiger partial charge in [-0.2, -0.15) is 5.10 Å². The predicted molar refractivity (Wildman–Crippen MR) is 103 cm³/mol. The van der Waals surface area contributed by atoms with Gasteiger partial charge in [-0.1, -0.05) is 6.07 Å². The molecule has 0 saturated heterocycles. The Hall–Kier alpha value is -3.06. The summed E-state index contributed by atoms with van der Waals surface area (Å²) in [6.07, 6.45) is 2.58. The number of nitrogens with one attached hydrogen (secondary N) is 2. The van der Waals surface area contributed by atoms with Crippen LogP contribution >= 0.6 is 11.3 Å². The molecule has 7 heteroatoms. The van der Waals surface area contributed by atoms with Gasteiger partial charge in [0.1, 0.15) is 11.5 Å². The van der Waals surface area contributed by atoms with Gasteiger partial charge in [0.25, 0.3) is 5.91 Å². The van der Waals surface area contributed by atoms with E-state index in [-0.39, 0.29) is 5.91 Å². The average Bonchev–Trinajstić information content (AvgIpc) is 3.25. The van der Waals surface area contributed by atoms with Crippen LogP contribution in [0, 0.1) is 13.8 Å². The second-order valence-electron chi connectivity index (χ2n) is 6.16. The van der Waals surface area contributed by atoms with Crippen molar-refractivity contribution >= 4 is 33.3 Å². The number of nitrogens with zero attached hydrogens (tertiary/aromatic N) is 3. The van der Waals surface area contributed by atoms with E-state index in [0.29, 0.717) is 17.9 Å². The van der Waals surface area contributed by atoms with Gasteiger partial charge in [-0.3, -0.25) is 14.9 Å². The zero-order chi connectivity index (χ0) is 18.1. The molecule has 0 aromatic carbocycles. The van der Waals surface area contributed by atoms with Gasteiger partial charge in [0.2, 0.25) is 0 Å². The lowest BCUT2D eigenvalue weighted by Gasteiger charge is -2.07. The molecule has 130 valence electrons. The van der Waals surface area contributed by atoms with Crippen LogP contribution in [0.4, 0.5) is 5.82 Å². The number of amides is 1. The van der Waals surface area contributed by atoms with Gasteiger partial charge in [-0.05, 0) is 48.6 Å². The molecular weight excluding hydrogens is 346 g/mol. The second kappa shape index (κ2) is 6.68. The molecule has 4 aromatic rings. The van der Waals surface area contributed by atoms with Gasteiger partial charge >= 0.3 is 0 Å². The van der Waals surface area contributed by atoms with Gasteiger partial charge in [0.05, 0.1) is 15.9 Å². The summed E-state index contributed by atoms with van der Waals surface area (Å²) in [5.74, 6) is 0.300. The lowest BCUT2D eigenvalue weighted by Crippen LogP contribution is -2.14. The first kappa shape index (κ1) is 16.4. The van der Waals surface area contributed by atoms with Crippen molar-refractivity contribution in [1.29, 1.82) is 0 Å². The van der Waals surface area contributed by atoms with E-state index in [4.69, 9.17) is 0 Å². The fourth-order valence-corrected chi connectivity index (χ4v) is 3.62. The van der Waals surface area contributed by atoms with Crippen LogP contribution in [0.3, 0.4) is 0 Å². The molecule has 4 rings (SSSR count). The maximum atomic E-state index is 12.6. The van der Waals surface area contributed by atoms with Crippen molar-refractivity contribution in [2.24, 2.45) is 0 Å². The smallest absolute Gasteiger partial charge is 0.275 e. The number of aryl methyl sites for hydroxylation is 2. The van der Waals surface area contributed by atoms with Gasteiger partial charge in [0, 0.05) is 24.4 Å². The monoisotopic (exact) mass is 363 g/mol. The lowest BCUT2D eigenvalue weighted by molar-refractivity contribution is 0.102. The fourth-order valence-electron chi connectivity index (χ4n) is 2.77. The zero-order valence-electron chi connectivity index (χ0n) is 14.4. The summed E-state index contributed by atoms with van der Waals surface area (Å²) in [6.45, 7) is 3.82. The summed E-state index contributed by atoms with van der Waals surface area (Å²) in [4.78, 5) is 21.5. The third-order valence-corrected chi connectivity index (χ3v) is 5.02.